The molecule has 0 amide bonds. The summed E-state index contributed by atoms with van der Waals surface area (Å²) < 4.78 is 5.74. The van der Waals surface area contributed by atoms with Crippen molar-refractivity contribution in [2.45, 2.75) is 44.3 Å². The third-order valence-corrected chi connectivity index (χ3v) is 4.37. The molecule has 1 heterocycles. The summed E-state index contributed by atoms with van der Waals surface area (Å²) in [6.45, 7) is 2.67. The Hall–Kier alpha value is -0.280. The molecule has 0 radical (unpaired) electrons. The van der Waals surface area contributed by atoms with Gasteiger partial charge in [0, 0.05) is 23.1 Å². The Kier molecular flexibility index (Phi) is 4.54. The van der Waals surface area contributed by atoms with Gasteiger partial charge in [0.1, 0.15) is 0 Å². The molecule has 0 spiro atoms. The van der Waals surface area contributed by atoms with Crippen molar-refractivity contribution in [3.63, 3.8) is 0 Å². The third-order valence-electron chi connectivity index (χ3n) is 3.66. The summed E-state index contributed by atoms with van der Waals surface area (Å²) in [6, 6.07) is 5.39. The summed E-state index contributed by atoms with van der Waals surface area (Å²) >= 11 is 12.2. The fourth-order valence-corrected chi connectivity index (χ4v) is 2.91. The van der Waals surface area contributed by atoms with Crippen LogP contribution in [0.3, 0.4) is 0 Å². The Morgan fingerprint density at radius 1 is 1.33 bits per heavy atom. The molecule has 0 saturated carbocycles. The lowest BCUT2D eigenvalue weighted by molar-refractivity contribution is -0.135. The van der Waals surface area contributed by atoms with Gasteiger partial charge in [0.25, 0.3) is 0 Å². The van der Waals surface area contributed by atoms with Gasteiger partial charge in [0.05, 0.1) is 11.7 Å². The molecule has 2 nitrogen and oxygen atoms in total. The molecule has 2 atom stereocenters. The minimum Gasteiger partial charge on any atom is -0.390 e. The highest BCUT2D eigenvalue weighted by atomic mass is 35.5. The molecule has 2 rings (SSSR count). The number of benzene rings is 1. The SMILES string of the molecule is CC1(C(O)Cc2c(Cl)cccc2Cl)CCCCO1. The van der Waals surface area contributed by atoms with Gasteiger partial charge in [0.2, 0.25) is 0 Å². The number of rotatable bonds is 3. The second kappa shape index (κ2) is 5.79. The zero-order valence-electron chi connectivity index (χ0n) is 10.5. The van der Waals surface area contributed by atoms with E-state index in [1.807, 2.05) is 6.92 Å². The third kappa shape index (κ3) is 3.00. The molecular formula is C14H18Cl2O2. The number of aliphatic hydroxyl groups is 1. The van der Waals surface area contributed by atoms with Crippen molar-refractivity contribution in [1.29, 1.82) is 0 Å². The number of hydrogen-bond donors (Lipinski definition) is 1. The monoisotopic (exact) mass is 288 g/mol. The lowest BCUT2D eigenvalue weighted by Gasteiger charge is -2.38. The van der Waals surface area contributed by atoms with Crippen molar-refractivity contribution in [2.75, 3.05) is 6.61 Å². The molecule has 1 N–H and O–H groups in total. The molecule has 1 fully saturated rings. The standard InChI is InChI=1S/C14H18Cl2O2/c1-14(7-2-3-8-18-14)13(17)9-10-11(15)5-4-6-12(10)16/h4-6,13,17H,2-3,7-9H2,1H3. The van der Waals surface area contributed by atoms with Gasteiger partial charge in [0.15, 0.2) is 0 Å². The molecular weight excluding hydrogens is 271 g/mol. The van der Waals surface area contributed by atoms with Crippen LogP contribution >= 0.6 is 23.2 Å². The van der Waals surface area contributed by atoms with Crippen LogP contribution in [0.2, 0.25) is 10.0 Å². The molecule has 1 aromatic rings. The van der Waals surface area contributed by atoms with Gasteiger partial charge in [-0.2, -0.15) is 0 Å². The summed E-state index contributed by atoms with van der Waals surface area (Å²) in [4.78, 5) is 0. The first-order valence-electron chi connectivity index (χ1n) is 6.28. The van der Waals surface area contributed by atoms with Gasteiger partial charge >= 0.3 is 0 Å². The van der Waals surface area contributed by atoms with Gasteiger partial charge in [-0.15, -0.1) is 0 Å². The maximum atomic E-state index is 10.4. The van der Waals surface area contributed by atoms with E-state index in [1.165, 1.54) is 0 Å². The van der Waals surface area contributed by atoms with E-state index in [0.717, 1.165) is 24.8 Å². The van der Waals surface area contributed by atoms with Crippen molar-refractivity contribution < 1.29 is 9.84 Å². The summed E-state index contributed by atoms with van der Waals surface area (Å²) in [7, 11) is 0. The quantitative estimate of drug-likeness (QED) is 0.915. The van der Waals surface area contributed by atoms with E-state index in [1.54, 1.807) is 18.2 Å². The van der Waals surface area contributed by atoms with E-state index in [9.17, 15) is 5.11 Å². The Morgan fingerprint density at radius 3 is 2.56 bits per heavy atom. The van der Waals surface area contributed by atoms with Crippen molar-refractivity contribution >= 4 is 23.2 Å². The summed E-state index contributed by atoms with van der Waals surface area (Å²) in [5.74, 6) is 0. The topological polar surface area (TPSA) is 29.5 Å². The minimum absolute atomic E-state index is 0.426. The van der Waals surface area contributed by atoms with Crippen molar-refractivity contribution in [1.82, 2.24) is 0 Å². The maximum absolute atomic E-state index is 10.4. The van der Waals surface area contributed by atoms with Crippen molar-refractivity contribution in [3.8, 4) is 0 Å². The van der Waals surface area contributed by atoms with E-state index < -0.39 is 11.7 Å². The van der Waals surface area contributed by atoms with Crippen LogP contribution < -0.4 is 0 Å². The smallest absolute Gasteiger partial charge is 0.0915 e. The van der Waals surface area contributed by atoms with Crippen LogP contribution in [0.25, 0.3) is 0 Å². The van der Waals surface area contributed by atoms with Gasteiger partial charge in [-0.25, -0.2) is 0 Å². The largest absolute Gasteiger partial charge is 0.390 e. The first kappa shape index (κ1) is 14.1. The highest BCUT2D eigenvalue weighted by molar-refractivity contribution is 6.35. The first-order valence-corrected chi connectivity index (χ1v) is 7.03. The Morgan fingerprint density at radius 2 is 2.00 bits per heavy atom. The molecule has 1 aliphatic heterocycles. The molecule has 18 heavy (non-hydrogen) atoms. The minimum atomic E-state index is -0.588. The summed E-state index contributed by atoms with van der Waals surface area (Å²) in [5.41, 5.74) is 0.310. The fraction of sp³-hybridized carbons (Fsp3) is 0.571. The normalized spacial score (nSPS) is 26.0. The molecule has 100 valence electrons. The van der Waals surface area contributed by atoms with Crippen molar-refractivity contribution in [3.05, 3.63) is 33.8 Å². The second-order valence-electron chi connectivity index (χ2n) is 5.04. The second-order valence-corrected chi connectivity index (χ2v) is 5.85. The summed E-state index contributed by atoms with van der Waals surface area (Å²) in [5, 5.41) is 11.6. The fourth-order valence-electron chi connectivity index (χ4n) is 2.35. The van der Waals surface area contributed by atoms with Crippen LogP contribution in [0.15, 0.2) is 18.2 Å². The number of aliphatic hydroxyl groups excluding tert-OH is 1. The molecule has 0 aliphatic carbocycles. The molecule has 1 aromatic carbocycles. The van der Waals surface area contributed by atoms with Crippen LogP contribution in [0.5, 0.6) is 0 Å². The molecule has 1 aliphatic rings. The van der Waals surface area contributed by atoms with E-state index >= 15 is 0 Å². The maximum Gasteiger partial charge on any atom is 0.0915 e. The Bertz CT molecular complexity index is 394. The van der Waals surface area contributed by atoms with E-state index in [-0.39, 0.29) is 0 Å². The number of ether oxygens (including phenoxy) is 1. The van der Waals surface area contributed by atoms with Crippen LogP contribution in [0, 0.1) is 0 Å². The molecule has 4 heteroatoms. The van der Waals surface area contributed by atoms with Gasteiger partial charge in [-0.1, -0.05) is 29.3 Å². The molecule has 0 aromatic heterocycles. The first-order chi connectivity index (χ1) is 8.53. The van der Waals surface area contributed by atoms with Crippen LogP contribution in [0.1, 0.15) is 31.7 Å². The Balaban J connectivity index is 2.13. The van der Waals surface area contributed by atoms with Gasteiger partial charge < -0.3 is 9.84 Å². The molecule has 0 bridgehead atoms. The van der Waals surface area contributed by atoms with Gasteiger partial charge in [-0.05, 0) is 43.9 Å². The van der Waals surface area contributed by atoms with Crippen LogP contribution in [-0.4, -0.2) is 23.4 Å². The zero-order chi connectivity index (χ0) is 13.2. The summed E-state index contributed by atoms with van der Waals surface area (Å²) in [6.07, 6.45) is 2.86. The van der Waals surface area contributed by atoms with Crippen LogP contribution in [0.4, 0.5) is 0 Å². The van der Waals surface area contributed by atoms with E-state index in [4.69, 9.17) is 27.9 Å². The van der Waals surface area contributed by atoms with Crippen molar-refractivity contribution in [2.24, 2.45) is 0 Å². The number of hydrogen-bond acceptors (Lipinski definition) is 2. The predicted octanol–water partition coefficient (Wildman–Crippen LogP) is 3.86. The zero-order valence-corrected chi connectivity index (χ0v) is 12.0. The predicted molar refractivity (Wildman–Crippen MR) is 74.4 cm³/mol. The highest BCUT2D eigenvalue weighted by Crippen LogP contribution is 2.32. The van der Waals surface area contributed by atoms with E-state index in [2.05, 4.69) is 0 Å². The molecule has 1 saturated heterocycles. The van der Waals surface area contributed by atoms with Gasteiger partial charge in [-0.3, -0.25) is 0 Å². The highest BCUT2D eigenvalue weighted by Gasteiger charge is 2.36. The van der Waals surface area contributed by atoms with Crippen LogP contribution in [-0.2, 0) is 11.2 Å². The lowest BCUT2D eigenvalue weighted by Crippen LogP contribution is -2.45. The lowest BCUT2D eigenvalue weighted by atomic mass is 9.87. The number of halogens is 2. The van der Waals surface area contributed by atoms with E-state index in [0.29, 0.717) is 23.1 Å². The molecule has 2 unspecified atom stereocenters. The Labute approximate surface area is 118 Å². The average molecular weight is 289 g/mol. The average Bonchev–Trinajstić information content (AvgIpc) is 2.34.